The van der Waals surface area contributed by atoms with Crippen molar-refractivity contribution in [3.8, 4) is 0 Å². The molecule has 1 heterocycles. The first kappa shape index (κ1) is 16.6. The molecule has 0 aliphatic carbocycles. The van der Waals surface area contributed by atoms with Crippen molar-refractivity contribution in [2.75, 3.05) is 6.54 Å². The highest BCUT2D eigenvalue weighted by Crippen LogP contribution is 2.34. The SMILES string of the molecule is CC(C)(C)C(NC(=O)NCCc1ccccc1)c1cccs1. The molecule has 0 fully saturated rings. The van der Waals surface area contributed by atoms with Gasteiger partial charge in [-0.2, -0.15) is 0 Å². The first-order valence-corrected chi connectivity index (χ1v) is 8.46. The van der Waals surface area contributed by atoms with Gasteiger partial charge in [0, 0.05) is 11.4 Å². The lowest BCUT2D eigenvalue weighted by molar-refractivity contribution is 0.219. The summed E-state index contributed by atoms with van der Waals surface area (Å²) in [6.07, 6.45) is 0.841. The highest BCUT2D eigenvalue weighted by atomic mass is 32.1. The van der Waals surface area contributed by atoms with Crippen LogP contribution in [0.5, 0.6) is 0 Å². The third-order valence-corrected chi connectivity index (χ3v) is 4.45. The Hall–Kier alpha value is -1.81. The molecule has 0 radical (unpaired) electrons. The van der Waals surface area contributed by atoms with E-state index in [1.807, 2.05) is 29.6 Å². The molecule has 2 N–H and O–H groups in total. The Morgan fingerprint density at radius 3 is 2.45 bits per heavy atom. The Morgan fingerprint density at radius 2 is 1.86 bits per heavy atom. The quantitative estimate of drug-likeness (QED) is 0.844. The summed E-state index contributed by atoms with van der Waals surface area (Å²) in [7, 11) is 0. The van der Waals surface area contributed by atoms with Crippen molar-refractivity contribution >= 4 is 17.4 Å². The molecule has 3 nitrogen and oxygen atoms in total. The second-order valence-electron chi connectivity index (χ2n) is 6.45. The van der Waals surface area contributed by atoms with Gasteiger partial charge < -0.3 is 10.6 Å². The van der Waals surface area contributed by atoms with E-state index in [1.165, 1.54) is 10.4 Å². The molecule has 0 saturated heterocycles. The average molecular weight is 316 g/mol. The molecule has 0 bridgehead atoms. The number of rotatable bonds is 5. The van der Waals surface area contributed by atoms with Crippen molar-refractivity contribution in [3.05, 3.63) is 58.3 Å². The van der Waals surface area contributed by atoms with Gasteiger partial charge in [-0.1, -0.05) is 57.2 Å². The van der Waals surface area contributed by atoms with Gasteiger partial charge >= 0.3 is 6.03 Å². The molecule has 2 rings (SSSR count). The lowest BCUT2D eigenvalue weighted by atomic mass is 9.86. The largest absolute Gasteiger partial charge is 0.338 e. The van der Waals surface area contributed by atoms with Gasteiger partial charge in [-0.25, -0.2) is 4.79 Å². The summed E-state index contributed by atoms with van der Waals surface area (Å²) in [5.74, 6) is 0. The number of carbonyl (C=O) groups is 1. The number of amides is 2. The Morgan fingerprint density at radius 1 is 1.14 bits per heavy atom. The standard InChI is InChI=1S/C18H24N2OS/c1-18(2,3)16(15-10-7-13-22-15)20-17(21)19-12-11-14-8-5-4-6-9-14/h4-10,13,16H,11-12H2,1-3H3,(H2,19,20,21). The fraction of sp³-hybridized carbons (Fsp3) is 0.389. The monoisotopic (exact) mass is 316 g/mol. The zero-order valence-corrected chi connectivity index (χ0v) is 14.2. The summed E-state index contributed by atoms with van der Waals surface area (Å²) in [6, 6.07) is 14.2. The van der Waals surface area contributed by atoms with E-state index in [9.17, 15) is 4.79 Å². The smallest absolute Gasteiger partial charge is 0.315 e. The lowest BCUT2D eigenvalue weighted by Gasteiger charge is -2.30. The van der Waals surface area contributed by atoms with E-state index in [2.05, 4.69) is 49.6 Å². The third-order valence-electron chi connectivity index (χ3n) is 3.51. The Kier molecular flexibility index (Phi) is 5.61. The van der Waals surface area contributed by atoms with Crippen LogP contribution in [0.15, 0.2) is 47.8 Å². The van der Waals surface area contributed by atoms with Crippen LogP contribution in [0.25, 0.3) is 0 Å². The molecule has 1 aromatic heterocycles. The van der Waals surface area contributed by atoms with Crippen molar-refractivity contribution in [2.45, 2.75) is 33.2 Å². The van der Waals surface area contributed by atoms with Gasteiger partial charge in [0.15, 0.2) is 0 Å². The molecule has 1 atom stereocenters. The summed E-state index contributed by atoms with van der Waals surface area (Å²) < 4.78 is 0. The molecule has 0 spiro atoms. The van der Waals surface area contributed by atoms with Crippen molar-refractivity contribution in [3.63, 3.8) is 0 Å². The van der Waals surface area contributed by atoms with Crippen LogP contribution in [-0.2, 0) is 6.42 Å². The minimum Gasteiger partial charge on any atom is -0.338 e. The van der Waals surface area contributed by atoms with E-state index in [0.717, 1.165) is 6.42 Å². The molecule has 4 heteroatoms. The molecule has 1 unspecified atom stereocenters. The highest BCUT2D eigenvalue weighted by molar-refractivity contribution is 7.10. The molecule has 118 valence electrons. The summed E-state index contributed by atoms with van der Waals surface area (Å²) in [4.78, 5) is 13.4. The number of benzene rings is 1. The van der Waals surface area contributed by atoms with E-state index in [4.69, 9.17) is 0 Å². The van der Waals surface area contributed by atoms with Gasteiger partial charge in [-0.3, -0.25) is 0 Å². The predicted octanol–water partition coefficient (Wildman–Crippen LogP) is 4.38. The molecular weight excluding hydrogens is 292 g/mol. The van der Waals surface area contributed by atoms with E-state index >= 15 is 0 Å². The fourth-order valence-corrected chi connectivity index (χ4v) is 3.34. The van der Waals surface area contributed by atoms with Crippen molar-refractivity contribution < 1.29 is 4.79 Å². The number of thiophene rings is 1. The second-order valence-corrected chi connectivity index (χ2v) is 7.43. The van der Waals surface area contributed by atoms with Crippen LogP contribution >= 0.6 is 11.3 Å². The van der Waals surface area contributed by atoms with Gasteiger partial charge in [-0.05, 0) is 28.8 Å². The van der Waals surface area contributed by atoms with E-state index in [0.29, 0.717) is 6.54 Å². The number of nitrogens with one attached hydrogen (secondary N) is 2. The van der Waals surface area contributed by atoms with Crippen molar-refractivity contribution in [1.29, 1.82) is 0 Å². The molecule has 0 aliphatic rings. The summed E-state index contributed by atoms with van der Waals surface area (Å²) >= 11 is 1.68. The van der Waals surface area contributed by atoms with E-state index in [-0.39, 0.29) is 17.5 Å². The van der Waals surface area contributed by atoms with Gasteiger partial charge in [0.25, 0.3) is 0 Å². The number of carbonyl (C=O) groups excluding carboxylic acids is 1. The van der Waals surface area contributed by atoms with Gasteiger partial charge in [0.2, 0.25) is 0 Å². The van der Waals surface area contributed by atoms with Gasteiger partial charge in [0.05, 0.1) is 6.04 Å². The van der Waals surface area contributed by atoms with E-state index < -0.39 is 0 Å². The maximum absolute atomic E-state index is 12.2. The van der Waals surface area contributed by atoms with Crippen LogP contribution in [0.1, 0.15) is 37.3 Å². The normalized spacial score (nSPS) is 12.7. The second kappa shape index (κ2) is 7.45. The van der Waals surface area contributed by atoms with Crippen LogP contribution in [0.3, 0.4) is 0 Å². The predicted molar refractivity (Wildman–Crippen MR) is 93.2 cm³/mol. The Labute approximate surface area is 136 Å². The minimum absolute atomic E-state index is 0.0178. The van der Waals surface area contributed by atoms with Crippen LogP contribution < -0.4 is 10.6 Å². The first-order chi connectivity index (χ1) is 10.5. The molecule has 0 saturated carbocycles. The molecule has 1 aromatic carbocycles. The van der Waals surface area contributed by atoms with Crippen molar-refractivity contribution in [2.24, 2.45) is 5.41 Å². The summed E-state index contributed by atoms with van der Waals surface area (Å²) in [6.45, 7) is 7.06. The van der Waals surface area contributed by atoms with Crippen molar-refractivity contribution in [1.82, 2.24) is 10.6 Å². The maximum atomic E-state index is 12.2. The van der Waals surface area contributed by atoms with Crippen LogP contribution in [-0.4, -0.2) is 12.6 Å². The maximum Gasteiger partial charge on any atom is 0.315 e. The lowest BCUT2D eigenvalue weighted by Crippen LogP contribution is -2.42. The molecular formula is C18H24N2OS. The molecule has 2 amide bonds. The zero-order valence-electron chi connectivity index (χ0n) is 13.4. The number of urea groups is 1. The average Bonchev–Trinajstić information content (AvgIpc) is 2.98. The Balaban J connectivity index is 1.86. The topological polar surface area (TPSA) is 41.1 Å². The number of hydrogen-bond acceptors (Lipinski definition) is 2. The Bertz CT molecular complexity index is 573. The molecule has 0 aliphatic heterocycles. The van der Waals surface area contributed by atoms with Crippen LogP contribution in [0.4, 0.5) is 4.79 Å². The third kappa shape index (κ3) is 4.88. The zero-order chi connectivity index (χ0) is 16.0. The highest BCUT2D eigenvalue weighted by Gasteiger charge is 2.28. The molecule has 2 aromatic rings. The van der Waals surface area contributed by atoms with Gasteiger partial charge in [0.1, 0.15) is 0 Å². The summed E-state index contributed by atoms with van der Waals surface area (Å²) in [5.41, 5.74) is 1.20. The summed E-state index contributed by atoms with van der Waals surface area (Å²) in [5, 5.41) is 8.10. The number of hydrogen-bond donors (Lipinski definition) is 2. The van der Waals surface area contributed by atoms with Gasteiger partial charge in [-0.15, -0.1) is 11.3 Å². The van der Waals surface area contributed by atoms with Crippen LogP contribution in [0.2, 0.25) is 0 Å². The van der Waals surface area contributed by atoms with Crippen LogP contribution in [0, 0.1) is 5.41 Å². The fourth-order valence-electron chi connectivity index (χ4n) is 2.32. The molecule has 22 heavy (non-hydrogen) atoms. The minimum atomic E-state index is -0.107. The van der Waals surface area contributed by atoms with E-state index in [1.54, 1.807) is 11.3 Å². The first-order valence-electron chi connectivity index (χ1n) is 7.58.